The van der Waals surface area contributed by atoms with Crippen LogP contribution in [0, 0.1) is 0 Å². The summed E-state index contributed by atoms with van der Waals surface area (Å²) in [5.74, 6) is 0.735. The van der Waals surface area contributed by atoms with Crippen LogP contribution in [0.5, 0.6) is 0 Å². The highest BCUT2D eigenvalue weighted by Gasteiger charge is 2.35. The van der Waals surface area contributed by atoms with Crippen LogP contribution in [0.2, 0.25) is 0 Å². The van der Waals surface area contributed by atoms with Gasteiger partial charge in [0, 0.05) is 18.3 Å². The molecule has 1 aromatic rings. The lowest BCUT2D eigenvalue weighted by atomic mass is 9.96. The first-order valence-electron chi connectivity index (χ1n) is 8.31. The summed E-state index contributed by atoms with van der Waals surface area (Å²) in [7, 11) is 0. The number of nitrogens with one attached hydrogen (secondary N) is 1. The van der Waals surface area contributed by atoms with E-state index in [1.807, 2.05) is 0 Å². The molecule has 1 N–H and O–H groups in total. The van der Waals surface area contributed by atoms with E-state index in [1.165, 1.54) is 24.2 Å². The second kappa shape index (κ2) is 7.25. The number of nitrogens with zero attached hydrogens (tertiary/aromatic N) is 1. The molecule has 1 heterocycles. The molecule has 2 amide bonds. The average Bonchev–Trinajstić information content (AvgIpc) is 3.05. The van der Waals surface area contributed by atoms with Gasteiger partial charge < -0.3 is 10.2 Å². The van der Waals surface area contributed by atoms with Crippen LogP contribution in [0.3, 0.4) is 0 Å². The lowest BCUT2D eigenvalue weighted by molar-refractivity contribution is -0.137. The molecule has 0 unspecified atom stereocenters. The molecule has 7 heteroatoms. The van der Waals surface area contributed by atoms with E-state index in [0.717, 1.165) is 43.6 Å². The molecule has 0 spiro atoms. The van der Waals surface area contributed by atoms with E-state index < -0.39 is 11.7 Å². The summed E-state index contributed by atoms with van der Waals surface area (Å²) in [6.45, 7) is 0.560. The van der Waals surface area contributed by atoms with E-state index in [0.29, 0.717) is 12.1 Å². The molecule has 1 atom stereocenters. The van der Waals surface area contributed by atoms with Crippen molar-refractivity contribution in [1.29, 1.82) is 0 Å². The summed E-state index contributed by atoms with van der Waals surface area (Å²) in [6, 6.07) is 5.33. The fourth-order valence-corrected chi connectivity index (χ4v) is 4.57. The number of hydrogen-bond donors (Lipinski definition) is 1. The van der Waals surface area contributed by atoms with Crippen LogP contribution in [0.1, 0.15) is 48.6 Å². The van der Waals surface area contributed by atoms with Crippen molar-refractivity contribution >= 4 is 17.8 Å². The predicted molar refractivity (Wildman–Crippen MR) is 88.8 cm³/mol. The second-order valence-electron chi connectivity index (χ2n) is 6.32. The largest absolute Gasteiger partial charge is 0.416 e. The van der Waals surface area contributed by atoms with Crippen molar-refractivity contribution in [3.63, 3.8) is 0 Å². The zero-order valence-corrected chi connectivity index (χ0v) is 14.1. The number of thioether (sulfide) groups is 1. The van der Waals surface area contributed by atoms with Crippen LogP contribution in [0.15, 0.2) is 24.3 Å². The molecule has 0 bridgehead atoms. The second-order valence-corrected chi connectivity index (χ2v) is 7.51. The SMILES string of the molecule is O=C(NC1CCCCC1)N1CCS[C@H]1c1cccc(C(F)(F)F)c1. The van der Waals surface area contributed by atoms with Crippen LogP contribution in [-0.2, 0) is 6.18 Å². The van der Waals surface area contributed by atoms with Crippen LogP contribution < -0.4 is 5.32 Å². The Morgan fingerprint density at radius 1 is 1.21 bits per heavy atom. The molecule has 1 aliphatic carbocycles. The van der Waals surface area contributed by atoms with Gasteiger partial charge in [-0.3, -0.25) is 0 Å². The first-order chi connectivity index (χ1) is 11.4. The number of benzene rings is 1. The molecule has 0 radical (unpaired) electrons. The Kier molecular flexibility index (Phi) is 5.27. The number of amides is 2. The molecule has 24 heavy (non-hydrogen) atoms. The maximum absolute atomic E-state index is 12.9. The van der Waals surface area contributed by atoms with Crippen molar-refractivity contribution in [2.45, 2.75) is 49.7 Å². The average molecular weight is 358 g/mol. The van der Waals surface area contributed by atoms with Gasteiger partial charge in [0.1, 0.15) is 5.37 Å². The number of carbonyl (C=O) groups is 1. The predicted octanol–water partition coefficient (Wildman–Crippen LogP) is 4.80. The van der Waals surface area contributed by atoms with E-state index in [4.69, 9.17) is 0 Å². The minimum atomic E-state index is -4.37. The third-order valence-corrected chi connectivity index (χ3v) is 5.84. The number of urea groups is 1. The quantitative estimate of drug-likeness (QED) is 0.824. The molecule has 3 rings (SSSR count). The molecule has 2 fully saturated rings. The first kappa shape index (κ1) is 17.5. The maximum atomic E-state index is 12.9. The lowest BCUT2D eigenvalue weighted by Crippen LogP contribution is -2.45. The van der Waals surface area contributed by atoms with E-state index in [-0.39, 0.29) is 17.4 Å². The van der Waals surface area contributed by atoms with Gasteiger partial charge in [-0.05, 0) is 30.5 Å². The van der Waals surface area contributed by atoms with Gasteiger partial charge >= 0.3 is 12.2 Å². The summed E-state index contributed by atoms with van der Waals surface area (Å²) >= 11 is 1.51. The van der Waals surface area contributed by atoms with E-state index in [1.54, 1.807) is 11.0 Å². The van der Waals surface area contributed by atoms with Crippen LogP contribution in [0.4, 0.5) is 18.0 Å². The van der Waals surface area contributed by atoms with E-state index >= 15 is 0 Å². The molecule has 2 aliphatic rings. The van der Waals surface area contributed by atoms with Crippen molar-refractivity contribution < 1.29 is 18.0 Å². The van der Waals surface area contributed by atoms with Crippen molar-refractivity contribution in [2.75, 3.05) is 12.3 Å². The Labute approximate surface area is 144 Å². The number of carbonyl (C=O) groups excluding carboxylic acids is 1. The van der Waals surface area contributed by atoms with Gasteiger partial charge in [-0.1, -0.05) is 31.4 Å². The Morgan fingerprint density at radius 3 is 2.67 bits per heavy atom. The molecule has 1 aliphatic heterocycles. The first-order valence-corrected chi connectivity index (χ1v) is 9.36. The number of rotatable bonds is 2. The van der Waals surface area contributed by atoms with Crippen molar-refractivity contribution in [1.82, 2.24) is 10.2 Å². The highest BCUT2D eigenvalue weighted by Crippen LogP contribution is 2.40. The van der Waals surface area contributed by atoms with E-state index in [2.05, 4.69) is 5.32 Å². The molecule has 3 nitrogen and oxygen atoms in total. The van der Waals surface area contributed by atoms with Gasteiger partial charge in [-0.15, -0.1) is 11.8 Å². The standard InChI is InChI=1S/C17H21F3N2OS/c18-17(19,20)13-6-4-5-12(11-13)15-22(9-10-24-15)16(23)21-14-7-2-1-3-8-14/h4-6,11,14-15H,1-3,7-10H2,(H,21,23)/t15-/m0/s1. The summed E-state index contributed by atoms with van der Waals surface area (Å²) in [4.78, 5) is 14.2. The number of hydrogen-bond acceptors (Lipinski definition) is 2. The lowest BCUT2D eigenvalue weighted by Gasteiger charge is -2.29. The van der Waals surface area contributed by atoms with Crippen molar-refractivity contribution in [3.05, 3.63) is 35.4 Å². The van der Waals surface area contributed by atoms with Gasteiger partial charge in [0.05, 0.1) is 5.56 Å². The minimum absolute atomic E-state index is 0.158. The van der Waals surface area contributed by atoms with Gasteiger partial charge in [0.25, 0.3) is 0 Å². The molecular formula is C17H21F3N2OS. The Morgan fingerprint density at radius 2 is 1.96 bits per heavy atom. The zero-order chi connectivity index (χ0) is 17.2. The third-order valence-electron chi connectivity index (χ3n) is 4.58. The van der Waals surface area contributed by atoms with Gasteiger partial charge in [0.2, 0.25) is 0 Å². The Balaban J connectivity index is 1.72. The Hall–Kier alpha value is -1.37. The topological polar surface area (TPSA) is 32.3 Å². The van der Waals surface area contributed by atoms with Crippen LogP contribution >= 0.6 is 11.8 Å². The van der Waals surface area contributed by atoms with Crippen LogP contribution in [0.25, 0.3) is 0 Å². The number of halogens is 3. The van der Waals surface area contributed by atoms with E-state index in [9.17, 15) is 18.0 Å². The monoisotopic (exact) mass is 358 g/mol. The fraction of sp³-hybridized carbons (Fsp3) is 0.588. The summed E-state index contributed by atoms with van der Waals surface area (Å²) in [5, 5.41) is 2.71. The molecule has 1 saturated heterocycles. The zero-order valence-electron chi connectivity index (χ0n) is 13.3. The fourth-order valence-electron chi connectivity index (χ4n) is 3.33. The smallest absolute Gasteiger partial charge is 0.335 e. The van der Waals surface area contributed by atoms with Crippen molar-refractivity contribution in [3.8, 4) is 0 Å². The number of alkyl halides is 3. The molecular weight excluding hydrogens is 337 g/mol. The van der Waals surface area contributed by atoms with Gasteiger partial charge in [-0.25, -0.2) is 4.79 Å². The van der Waals surface area contributed by atoms with Gasteiger partial charge in [0.15, 0.2) is 0 Å². The molecule has 1 saturated carbocycles. The summed E-state index contributed by atoms with van der Waals surface area (Å²) < 4.78 is 38.8. The van der Waals surface area contributed by atoms with Crippen molar-refractivity contribution in [2.24, 2.45) is 0 Å². The third kappa shape index (κ3) is 3.99. The molecule has 132 valence electrons. The molecule has 1 aromatic carbocycles. The maximum Gasteiger partial charge on any atom is 0.416 e. The molecule has 0 aromatic heterocycles. The Bertz CT molecular complexity index is 587. The van der Waals surface area contributed by atoms with Gasteiger partial charge in [-0.2, -0.15) is 13.2 Å². The summed E-state index contributed by atoms with van der Waals surface area (Å²) in [5.41, 5.74) is -0.133. The van der Waals surface area contributed by atoms with Crippen LogP contribution in [-0.4, -0.2) is 29.3 Å². The normalized spacial score (nSPS) is 22.6. The highest BCUT2D eigenvalue weighted by atomic mass is 32.2. The minimum Gasteiger partial charge on any atom is -0.335 e. The summed E-state index contributed by atoms with van der Waals surface area (Å²) in [6.07, 6.45) is 1.06. The highest BCUT2D eigenvalue weighted by molar-refractivity contribution is 7.99.